The zero-order valence-electron chi connectivity index (χ0n) is 29.9. The summed E-state index contributed by atoms with van der Waals surface area (Å²) in [5, 5.41) is 2.36. The molecule has 0 amide bonds. The third kappa shape index (κ3) is 6.16. The van der Waals surface area contributed by atoms with Crippen molar-refractivity contribution in [2.75, 3.05) is 0 Å². The molecule has 0 radical (unpaired) electrons. The Labute approximate surface area is 319 Å². The maximum Gasteiger partial charge on any atom is 0.160 e. The van der Waals surface area contributed by atoms with Gasteiger partial charge >= 0.3 is 0 Å². The van der Waals surface area contributed by atoms with E-state index in [9.17, 15) is 0 Å². The maximum atomic E-state index is 5.14. The van der Waals surface area contributed by atoms with E-state index in [1.165, 1.54) is 5.39 Å². The van der Waals surface area contributed by atoms with E-state index in [1.807, 2.05) is 36.4 Å². The van der Waals surface area contributed by atoms with Crippen LogP contribution in [-0.4, -0.2) is 19.5 Å². The molecule has 55 heavy (non-hydrogen) atoms. The molecule has 0 fully saturated rings. The number of aromatic nitrogens is 4. The monoisotopic (exact) mass is 702 g/mol. The first kappa shape index (κ1) is 32.2. The Balaban J connectivity index is 1.02. The molecular formula is C51H34N4. The molecule has 0 N–H and O–H groups in total. The SMILES string of the molecule is c1ccc(-c2cc(-c3cc(-c4ccc(-c5ccc(-n6c(-c7ccccc7)nc7ccccc76)cc5)cc4)c4ccccc4c3)nc(-c3ccccc3)n2)cc1. The van der Waals surface area contributed by atoms with E-state index in [2.05, 4.69) is 174 Å². The first-order valence-corrected chi connectivity index (χ1v) is 18.5. The highest BCUT2D eigenvalue weighted by Crippen LogP contribution is 2.37. The molecule has 0 aliphatic heterocycles. The number of fused-ring (bicyclic) bond motifs is 2. The van der Waals surface area contributed by atoms with Gasteiger partial charge in [0.15, 0.2) is 5.82 Å². The molecule has 0 unspecified atom stereocenters. The Morgan fingerprint density at radius 1 is 0.345 bits per heavy atom. The fourth-order valence-electron chi connectivity index (χ4n) is 7.48. The zero-order chi connectivity index (χ0) is 36.6. The average Bonchev–Trinajstić information content (AvgIpc) is 3.67. The summed E-state index contributed by atoms with van der Waals surface area (Å²) in [6.45, 7) is 0. The molecule has 4 nitrogen and oxygen atoms in total. The number of imidazole rings is 1. The third-order valence-electron chi connectivity index (χ3n) is 10.2. The van der Waals surface area contributed by atoms with Gasteiger partial charge in [0.25, 0.3) is 0 Å². The molecular weight excluding hydrogens is 669 g/mol. The van der Waals surface area contributed by atoms with Crippen molar-refractivity contribution >= 4 is 21.8 Å². The Hall–Kier alpha value is -7.43. The van der Waals surface area contributed by atoms with Crippen LogP contribution in [0, 0.1) is 0 Å². The molecule has 10 rings (SSSR count). The van der Waals surface area contributed by atoms with Crippen molar-refractivity contribution in [1.29, 1.82) is 0 Å². The van der Waals surface area contributed by atoms with Crippen LogP contribution in [0.2, 0.25) is 0 Å². The Bertz CT molecular complexity index is 2880. The molecule has 0 spiro atoms. The van der Waals surface area contributed by atoms with Crippen molar-refractivity contribution < 1.29 is 0 Å². The molecule has 2 aromatic heterocycles. The lowest BCUT2D eigenvalue weighted by molar-refractivity contribution is 1.10. The quantitative estimate of drug-likeness (QED) is 0.166. The van der Waals surface area contributed by atoms with Gasteiger partial charge < -0.3 is 0 Å². The molecule has 0 aliphatic carbocycles. The second-order valence-corrected chi connectivity index (χ2v) is 13.7. The van der Waals surface area contributed by atoms with Crippen LogP contribution in [0.15, 0.2) is 206 Å². The van der Waals surface area contributed by atoms with Crippen LogP contribution < -0.4 is 0 Å². The van der Waals surface area contributed by atoms with Crippen LogP contribution in [-0.2, 0) is 0 Å². The minimum atomic E-state index is 0.708. The minimum Gasteiger partial charge on any atom is -0.292 e. The summed E-state index contributed by atoms with van der Waals surface area (Å²) in [5.74, 6) is 1.64. The van der Waals surface area contributed by atoms with Crippen molar-refractivity contribution in [3.63, 3.8) is 0 Å². The Morgan fingerprint density at radius 3 is 1.60 bits per heavy atom. The summed E-state index contributed by atoms with van der Waals surface area (Å²) in [6, 6.07) is 72.2. The molecule has 0 saturated carbocycles. The van der Waals surface area contributed by atoms with Gasteiger partial charge in [-0.15, -0.1) is 0 Å². The lowest BCUT2D eigenvalue weighted by Gasteiger charge is -2.14. The van der Waals surface area contributed by atoms with Gasteiger partial charge in [0.1, 0.15) is 5.82 Å². The largest absolute Gasteiger partial charge is 0.292 e. The Kier molecular flexibility index (Phi) is 8.12. The van der Waals surface area contributed by atoms with E-state index in [0.29, 0.717) is 5.82 Å². The van der Waals surface area contributed by atoms with Gasteiger partial charge in [-0.05, 0) is 75.5 Å². The second-order valence-electron chi connectivity index (χ2n) is 13.7. The van der Waals surface area contributed by atoms with Gasteiger partial charge in [0.2, 0.25) is 0 Å². The third-order valence-corrected chi connectivity index (χ3v) is 10.2. The predicted molar refractivity (Wildman–Crippen MR) is 227 cm³/mol. The molecule has 0 bridgehead atoms. The maximum absolute atomic E-state index is 5.14. The predicted octanol–water partition coefficient (Wildman–Crippen LogP) is 13.0. The molecule has 0 aliphatic rings. The Morgan fingerprint density at radius 2 is 0.891 bits per heavy atom. The fourth-order valence-corrected chi connectivity index (χ4v) is 7.48. The van der Waals surface area contributed by atoms with Gasteiger partial charge in [0.05, 0.1) is 22.4 Å². The lowest BCUT2D eigenvalue weighted by atomic mass is 9.93. The first-order chi connectivity index (χ1) is 27.2. The van der Waals surface area contributed by atoms with Crippen LogP contribution in [0.1, 0.15) is 0 Å². The first-order valence-electron chi connectivity index (χ1n) is 18.5. The van der Waals surface area contributed by atoms with Gasteiger partial charge in [-0.25, -0.2) is 15.0 Å². The summed E-state index contributed by atoms with van der Waals surface area (Å²) in [5.41, 5.74) is 13.7. The van der Waals surface area contributed by atoms with Crippen molar-refractivity contribution in [1.82, 2.24) is 19.5 Å². The summed E-state index contributed by atoms with van der Waals surface area (Å²) in [6.07, 6.45) is 0. The smallest absolute Gasteiger partial charge is 0.160 e. The standard InChI is InChI=1S/C51H34N4/c1-4-14-38(15-5-1)47-34-48(53-50(52-47)39-16-6-2-7-17-39)42-32-41-20-10-11-21-44(41)45(33-42)37-26-24-35(25-27-37)36-28-30-43(31-29-36)55-49-23-13-12-22-46(49)54-51(55)40-18-8-3-9-19-40/h1-34H. The van der Waals surface area contributed by atoms with Gasteiger partial charge in [0, 0.05) is 27.9 Å². The number of nitrogens with zero attached hydrogens (tertiary/aromatic N) is 4. The summed E-state index contributed by atoms with van der Waals surface area (Å²) in [7, 11) is 0. The van der Waals surface area contributed by atoms with Crippen LogP contribution in [0.5, 0.6) is 0 Å². The van der Waals surface area contributed by atoms with Crippen LogP contribution in [0.3, 0.4) is 0 Å². The molecule has 8 aromatic carbocycles. The molecule has 0 saturated heterocycles. The number of rotatable bonds is 7. The van der Waals surface area contributed by atoms with Crippen LogP contribution >= 0.6 is 0 Å². The summed E-state index contributed by atoms with van der Waals surface area (Å²) < 4.78 is 2.25. The fraction of sp³-hybridized carbons (Fsp3) is 0. The lowest BCUT2D eigenvalue weighted by Crippen LogP contribution is -1.97. The van der Waals surface area contributed by atoms with Crippen LogP contribution in [0.25, 0.3) is 95.0 Å². The second kappa shape index (κ2) is 13.8. The summed E-state index contributed by atoms with van der Waals surface area (Å²) in [4.78, 5) is 15.2. The van der Waals surface area contributed by atoms with Gasteiger partial charge in [-0.3, -0.25) is 4.57 Å². The average molecular weight is 703 g/mol. The summed E-state index contributed by atoms with van der Waals surface area (Å²) >= 11 is 0. The van der Waals surface area contributed by atoms with Crippen molar-refractivity contribution in [3.05, 3.63) is 206 Å². The number of hydrogen-bond acceptors (Lipinski definition) is 3. The number of para-hydroxylation sites is 2. The highest BCUT2D eigenvalue weighted by Gasteiger charge is 2.16. The van der Waals surface area contributed by atoms with Crippen molar-refractivity contribution in [3.8, 4) is 73.2 Å². The molecule has 0 atom stereocenters. The highest BCUT2D eigenvalue weighted by molar-refractivity contribution is 6.00. The van der Waals surface area contributed by atoms with E-state index in [0.717, 1.165) is 83.8 Å². The van der Waals surface area contributed by atoms with E-state index in [4.69, 9.17) is 15.0 Å². The van der Waals surface area contributed by atoms with E-state index in [-0.39, 0.29) is 0 Å². The normalized spacial score (nSPS) is 11.3. The molecule has 258 valence electrons. The van der Waals surface area contributed by atoms with E-state index < -0.39 is 0 Å². The van der Waals surface area contributed by atoms with E-state index in [1.54, 1.807) is 0 Å². The van der Waals surface area contributed by atoms with Gasteiger partial charge in [-0.2, -0.15) is 0 Å². The molecule has 4 heteroatoms. The van der Waals surface area contributed by atoms with E-state index >= 15 is 0 Å². The van der Waals surface area contributed by atoms with Crippen molar-refractivity contribution in [2.24, 2.45) is 0 Å². The highest BCUT2D eigenvalue weighted by atomic mass is 15.1. The van der Waals surface area contributed by atoms with Gasteiger partial charge in [-0.1, -0.05) is 164 Å². The van der Waals surface area contributed by atoms with Crippen molar-refractivity contribution in [2.45, 2.75) is 0 Å². The number of benzene rings is 8. The topological polar surface area (TPSA) is 43.6 Å². The number of hydrogen-bond donors (Lipinski definition) is 0. The molecule has 2 heterocycles. The van der Waals surface area contributed by atoms with Crippen LogP contribution in [0.4, 0.5) is 0 Å². The minimum absolute atomic E-state index is 0.708. The molecule has 10 aromatic rings. The zero-order valence-corrected chi connectivity index (χ0v) is 29.9.